The number of H-pyrrole nitrogens is 1. The van der Waals surface area contributed by atoms with E-state index >= 15 is 0 Å². The van der Waals surface area contributed by atoms with E-state index in [1.807, 2.05) is 32.0 Å². The molecule has 0 radical (unpaired) electrons. The summed E-state index contributed by atoms with van der Waals surface area (Å²) in [5.74, 6) is 0.692. The average molecular weight is 268 g/mol. The van der Waals surface area contributed by atoms with Crippen molar-refractivity contribution in [2.24, 2.45) is 0 Å². The number of nitrogens with one attached hydrogen (secondary N) is 1. The number of methoxy groups -OCH3 is 1. The summed E-state index contributed by atoms with van der Waals surface area (Å²) >= 11 is 0. The van der Waals surface area contributed by atoms with Crippen molar-refractivity contribution in [1.82, 2.24) is 4.98 Å². The molecule has 1 aromatic heterocycles. The molecule has 102 valence electrons. The topological polar surface area (TPSA) is 65.9 Å². The van der Waals surface area contributed by atoms with Crippen molar-refractivity contribution in [3.8, 4) is 22.9 Å². The Morgan fingerprint density at radius 1 is 1.15 bits per heavy atom. The van der Waals surface area contributed by atoms with Gasteiger partial charge in [0.15, 0.2) is 0 Å². The lowest BCUT2D eigenvalue weighted by molar-refractivity contribution is 0.413. The Labute approximate surface area is 117 Å². The van der Waals surface area contributed by atoms with Crippen molar-refractivity contribution in [2.75, 3.05) is 7.11 Å². The monoisotopic (exact) mass is 268 g/mol. The Bertz CT molecular complexity index is 767. The van der Waals surface area contributed by atoms with Gasteiger partial charge in [0.05, 0.1) is 7.11 Å². The number of aromatic nitrogens is 1. The number of hydrogen-bond donors (Lipinski definition) is 1. The minimum atomic E-state index is -0.372. The predicted molar refractivity (Wildman–Crippen MR) is 78.0 cm³/mol. The van der Waals surface area contributed by atoms with Crippen LogP contribution in [-0.4, -0.2) is 12.1 Å². The van der Waals surface area contributed by atoms with Crippen LogP contribution in [0.15, 0.2) is 23.0 Å². The maximum Gasteiger partial charge on any atom is 0.266 e. The summed E-state index contributed by atoms with van der Waals surface area (Å²) < 4.78 is 5.44. The van der Waals surface area contributed by atoms with E-state index in [1.54, 1.807) is 20.1 Å². The van der Waals surface area contributed by atoms with Gasteiger partial charge in [-0.3, -0.25) is 4.79 Å². The summed E-state index contributed by atoms with van der Waals surface area (Å²) in [5.41, 5.74) is 3.87. The number of nitriles is 1. The van der Waals surface area contributed by atoms with E-state index < -0.39 is 0 Å². The highest BCUT2D eigenvalue weighted by Gasteiger charge is 2.16. The summed E-state index contributed by atoms with van der Waals surface area (Å²) in [7, 11) is 1.59. The van der Waals surface area contributed by atoms with Gasteiger partial charge in [-0.15, -0.1) is 0 Å². The lowest BCUT2D eigenvalue weighted by atomic mass is 9.96. The molecule has 0 unspecified atom stereocenters. The second kappa shape index (κ2) is 5.22. The molecule has 1 N–H and O–H groups in total. The summed E-state index contributed by atoms with van der Waals surface area (Å²) in [6.07, 6.45) is 0. The zero-order valence-electron chi connectivity index (χ0n) is 12.0. The zero-order chi connectivity index (χ0) is 14.9. The minimum Gasteiger partial charge on any atom is -0.496 e. The molecule has 0 aliphatic carbocycles. The number of aryl methyl sites for hydroxylation is 3. The van der Waals surface area contributed by atoms with Crippen LogP contribution in [0.2, 0.25) is 0 Å². The van der Waals surface area contributed by atoms with E-state index in [4.69, 9.17) is 4.74 Å². The molecule has 0 spiro atoms. The number of rotatable bonds is 2. The molecule has 4 heteroatoms. The highest BCUT2D eigenvalue weighted by atomic mass is 16.5. The van der Waals surface area contributed by atoms with Crippen LogP contribution in [0, 0.1) is 32.1 Å². The van der Waals surface area contributed by atoms with E-state index in [0.717, 1.165) is 16.7 Å². The normalized spacial score (nSPS) is 10.2. The van der Waals surface area contributed by atoms with Crippen LogP contribution >= 0.6 is 0 Å². The molecule has 2 aromatic rings. The molecule has 0 amide bonds. The van der Waals surface area contributed by atoms with Crippen LogP contribution in [0.3, 0.4) is 0 Å². The molecule has 0 bridgehead atoms. The number of nitrogens with zero attached hydrogens (tertiary/aromatic N) is 1. The highest BCUT2D eigenvalue weighted by Crippen LogP contribution is 2.35. The smallest absolute Gasteiger partial charge is 0.266 e. The lowest BCUT2D eigenvalue weighted by Gasteiger charge is -2.14. The second-order valence-electron chi connectivity index (χ2n) is 4.84. The van der Waals surface area contributed by atoms with Crippen molar-refractivity contribution in [3.05, 3.63) is 50.9 Å². The van der Waals surface area contributed by atoms with Gasteiger partial charge in [0.1, 0.15) is 17.4 Å². The molecule has 4 nitrogen and oxygen atoms in total. The Morgan fingerprint density at radius 2 is 1.85 bits per heavy atom. The fourth-order valence-corrected chi connectivity index (χ4v) is 2.44. The predicted octanol–water partition coefficient (Wildman–Crippen LogP) is 2.85. The maximum atomic E-state index is 11.9. The van der Waals surface area contributed by atoms with E-state index in [9.17, 15) is 10.1 Å². The molecule has 20 heavy (non-hydrogen) atoms. The maximum absolute atomic E-state index is 11.9. The van der Waals surface area contributed by atoms with Crippen LogP contribution in [-0.2, 0) is 0 Å². The van der Waals surface area contributed by atoms with Crippen LogP contribution in [0.4, 0.5) is 0 Å². The first-order valence-corrected chi connectivity index (χ1v) is 6.27. The standard InChI is InChI=1S/C16H16N2O2/c1-9-5-10(2)15(20-4)13(6-9)12-7-11(3)18-16(19)14(12)8-17/h5-7H,1-4H3,(H,18,19). The quantitative estimate of drug-likeness (QED) is 0.910. The number of pyridine rings is 1. The zero-order valence-corrected chi connectivity index (χ0v) is 12.0. The molecule has 0 fully saturated rings. The largest absolute Gasteiger partial charge is 0.496 e. The van der Waals surface area contributed by atoms with Crippen molar-refractivity contribution < 1.29 is 4.74 Å². The molecule has 0 aliphatic heterocycles. The molecule has 1 heterocycles. The molecule has 0 atom stereocenters. The first kappa shape index (κ1) is 13.9. The van der Waals surface area contributed by atoms with E-state index in [1.165, 1.54) is 0 Å². The average Bonchev–Trinajstić information content (AvgIpc) is 2.37. The Kier molecular flexibility index (Phi) is 3.62. The molecule has 0 aliphatic rings. The van der Waals surface area contributed by atoms with E-state index in [2.05, 4.69) is 4.98 Å². The number of benzene rings is 1. The Balaban J connectivity index is 2.88. The summed E-state index contributed by atoms with van der Waals surface area (Å²) in [6.45, 7) is 5.71. The highest BCUT2D eigenvalue weighted by molar-refractivity contribution is 5.77. The molecular weight excluding hydrogens is 252 g/mol. The molecule has 0 saturated heterocycles. The Hall–Kier alpha value is -2.54. The number of aromatic amines is 1. The van der Waals surface area contributed by atoms with Gasteiger partial charge >= 0.3 is 0 Å². The van der Waals surface area contributed by atoms with Crippen LogP contribution < -0.4 is 10.3 Å². The first-order chi connectivity index (χ1) is 9.47. The third-order valence-corrected chi connectivity index (χ3v) is 3.19. The minimum absolute atomic E-state index is 0.110. The summed E-state index contributed by atoms with van der Waals surface area (Å²) in [6, 6.07) is 7.72. The number of hydrogen-bond acceptors (Lipinski definition) is 3. The third kappa shape index (κ3) is 2.30. The molecule has 0 saturated carbocycles. The van der Waals surface area contributed by atoms with Crippen LogP contribution in [0.25, 0.3) is 11.1 Å². The fraction of sp³-hybridized carbons (Fsp3) is 0.250. The van der Waals surface area contributed by atoms with Crippen molar-refractivity contribution in [2.45, 2.75) is 20.8 Å². The Morgan fingerprint density at radius 3 is 2.45 bits per heavy atom. The fourth-order valence-electron chi connectivity index (χ4n) is 2.44. The van der Waals surface area contributed by atoms with E-state index in [0.29, 0.717) is 17.0 Å². The molecule has 2 rings (SSSR count). The van der Waals surface area contributed by atoms with E-state index in [-0.39, 0.29) is 11.1 Å². The van der Waals surface area contributed by atoms with Gasteiger partial charge in [0, 0.05) is 16.8 Å². The third-order valence-electron chi connectivity index (χ3n) is 3.19. The lowest BCUT2D eigenvalue weighted by Crippen LogP contribution is -2.13. The van der Waals surface area contributed by atoms with Gasteiger partial charge < -0.3 is 9.72 Å². The summed E-state index contributed by atoms with van der Waals surface area (Å²) in [4.78, 5) is 14.6. The molecule has 1 aromatic carbocycles. The van der Waals surface area contributed by atoms with Gasteiger partial charge in [-0.1, -0.05) is 6.07 Å². The van der Waals surface area contributed by atoms with Crippen LogP contribution in [0.1, 0.15) is 22.4 Å². The van der Waals surface area contributed by atoms with Crippen molar-refractivity contribution in [1.29, 1.82) is 5.26 Å². The molecular formula is C16H16N2O2. The van der Waals surface area contributed by atoms with Gasteiger partial charge in [-0.2, -0.15) is 5.26 Å². The van der Waals surface area contributed by atoms with Crippen LogP contribution in [0.5, 0.6) is 5.75 Å². The van der Waals surface area contributed by atoms with Gasteiger partial charge in [-0.25, -0.2) is 0 Å². The number of ether oxygens (including phenoxy) is 1. The van der Waals surface area contributed by atoms with Gasteiger partial charge in [-0.05, 0) is 44.0 Å². The second-order valence-corrected chi connectivity index (χ2v) is 4.84. The van der Waals surface area contributed by atoms with Crippen molar-refractivity contribution in [3.63, 3.8) is 0 Å². The van der Waals surface area contributed by atoms with Crippen molar-refractivity contribution >= 4 is 0 Å². The first-order valence-electron chi connectivity index (χ1n) is 6.27. The summed E-state index contributed by atoms with van der Waals surface area (Å²) in [5, 5.41) is 9.24. The van der Waals surface area contributed by atoms with Gasteiger partial charge in [0.2, 0.25) is 0 Å². The SMILES string of the molecule is COc1c(C)cc(C)cc1-c1cc(C)[nH]c(=O)c1C#N. The van der Waals surface area contributed by atoms with Gasteiger partial charge in [0.25, 0.3) is 5.56 Å².